The summed E-state index contributed by atoms with van der Waals surface area (Å²) in [6.45, 7) is 12.4. The number of aromatic nitrogens is 4. The smallest absolute Gasteiger partial charge is 0.145 e. The molecular formula is C20H28N6. The number of nitriles is 1. The second-order valence-corrected chi connectivity index (χ2v) is 5.10. The third kappa shape index (κ3) is 4.37. The molecule has 0 aliphatic rings. The van der Waals surface area contributed by atoms with Crippen molar-refractivity contribution < 1.29 is 0 Å². The molecule has 6 heteroatoms. The van der Waals surface area contributed by atoms with Crippen LogP contribution in [0.25, 0.3) is 11.0 Å². The topological polar surface area (TPSA) is 93.4 Å². The van der Waals surface area contributed by atoms with Crippen LogP contribution in [0.1, 0.15) is 57.3 Å². The fourth-order valence-corrected chi connectivity index (χ4v) is 2.61. The van der Waals surface area contributed by atoms with Gasteiger partial charge in [-0.15, -0.1) is 0 Å². The van der Waals surface area contributed by atoms with Crippen molar-refractivity contribution in [1.82, 2.24) is 19.5 Å². The van der Waals surface area contributed by atoms with E-state index in [2.05, 4.69) is 21.0 Å². The molecule has 3 heterocycles. The second kappa shape index (κ2) is 10.1. The molecule has 6 nitrogen and oxygen atoms in total. The highest BCUT2D eigenvalue weighted by atomic mass is 15.1. The lowest BCUT2D eigenvalue weighted by Gasteiger charge is -2.08. The molecule has 3 rings (SSSR count). The predicted molar refractivity (Wildman–Crippen MR) is 107 cm³/mol. The van der Waals surface area contributed by atoms with E-state index >= 15 is 0 Å². The van der Waals surface area contributed by atoms with Gasteiger partial charge in [0.25, 0.3) is 0 Å². The molecule has 0 bridgehead atoms. The number of hydrogen-bond acceptors (Lipinski definition) is 5. The molecule has 0 unspecified atom stereocenters. The molecule has 138 valence electrons. The van der Waals surface area contributed by atoms with E-state index in [1.807, 2.05) is 64.4 Å². The molecule has 0 saturated heterocycles. The minimum Gasteiger partial charge on any atom is -0.383 e. The van der Waals surface area contributed by atoms with Crippen LogP contribution >= 0.6 is 0 Å². The molecule has 0 aliphatic heterocycles. The molecule has 0 aromatic carbocycles. The third-order valence-electron chi connectivity index (χ3n) is 3.63. The van der Waals surface area contributed by atoms with Gasteiger partial charge in [0.15, 0.2) is 0 Å². The molecule has 0 saturated carbocycles. The van der Waals surface area contributed by atoms with Gasteiger partial charge in [-0.25, -0.2) is 15.0 Å². The summed E-state index contributed by atoms with van der Waals surface area (Å²) in [6.07, 6.45) is 4.23. The van der Waals surface area contributed by atoms with Crippen LogP contribution in [-0.4, -0.2) is 19.5 Å². The van der Waals surface area contributed by atoms with E-state index in [4.69, 9.17) is 5.73 Å². The van der Waals surface area contributed by atoms with E-state index in [0.717, 1.165) is 28.7 Å². The van der Waals surface area contributed by atoms with Crippen LogP contribution in [0.2, 0.25) is 0 Å². The first kappa shape index (κ1) is 21.1. The Morgan fingerprint density at radius 1 is 1.19 bits per heavy atom. The van der Waals surface area contributed by atoms with Crippen molar-refractivity contribution in [2.45, 2.75) is 54.5 Å². The average Bonchev–Trinajstić information content (AvgIpc) is 3.03. The summed E-state index contributed by atoms with van der Waals surface area (Å²) in [5.74, 6) is 1.19. The Morgan fingerprint density at radius 2 is 1.88 bits per heavy atom. The Morgan fingerprint density at radius 3 is 2.46 bits per heavy atom. The molecule has 3 aromatic rings. The Labute approximate surface area is 155 Å². The second-order valence-electron chi connectivity index (χ2n) is 5.10. The van der Waals surface area contributed by atoms with Crippen LogP contribution in [-0.2, 0) is 13.0 Å². The first-order valence-electron chi connectivity index (χ1n) is 9.09. The molecule has 0 spiro atoms. The Kier molecular flexibility index (Phi) is 8.23. The van der Waals surface area contributed by atoms with Crippen LogP contribution in [0.15, 0.2) is 24.5 Å². The first-order chi connectivity index (χ1) is 12.6. The first-order valence-corrected chi connectivity index (χ1v) is 9.09. The molecule has 0 radical (unpaired) electrons. The number of rotatable bonds is 3. The number of hydrogen-bond donors (Lipinski definition) is 1. The normalized spacial score (nSPS) is 9.58. The van der Waals surface area contributed by atoms with Crippen molar-refractivity contribution in [1.29, 1.82) is 5.26 Å². The monoisotopic (exact) mass is 352 g/mol. The van der Waals surface area contributed by atoms with Crippen LogP contribution in [0.5, 0.6) is 0 Å². The minimum absolute atomic E-state index is 0.490. The van der Waals surface area contributed by atoms with E-state index < -0.39 is 0 Å². The van der Waals surface area contributed by atoms with Gasteiger partial charge < -0.3 is 10.3 Å². The number of aryl methyl sites for hydroxylation is 2. The van der Waals surface area contributed by atoms with Gasteiger partial charge in [0.05, 0.1) is 23.2 Å². The van der Waals surface area contributed by atoms with E-state index in [-0.39, 0.29) is 0 Å². The van der Waals surface area contributed by atoms with E-state index in [9.17, 15) is 5.26 Å². The molecule has 0 fully saturated rings. The summed E-state index contributed by atoms with van der Waals surface area (Å²) < 4.78 is 1.94. The van der Waals surface area contributed by atoms with Crippen LogP contribution in [0.4, 0.5) is 5.82 Å². The summed E-state index contributed by atoms with van der Waals surface area (Å²) in [5, 5.41) is 10.2. The number of nitrogens with zero attached hydrogens (tertiary/aromatic N) is 5. The largest absolute Gasteiger partial charge is 0.383 e. The van der Waals surface area contributed by atoms with E-state index in [0.29, 0.717) is 23.8 Å². The zero-order chi connectivity index (χ0) is 19.7. The van der Waals surface area contributed by atoms with Crippen LogP contribution in [0, 0.1) is 18.3 Å². The van der Waals surface area contributed by atoms with Crippen LogP contribution in [0.3, 0.4) is 0 Å². The summed E-state index contributed by atoms with van der Waals surface area (Å²) in [5.41, 5.74) is 9.08. The summed E-state index contributed by atoms with van der Waals surface area (Å²) in [4.78, 5) is 13.1. The highest BCUT2D eigenvalue weighted by Gasteiger charge is 2.16. The van der Waals surface area contributed by atoms with Crippen molar-refractivity contribution in [3.05, 3.63) is 47.2 Å². The molecule has 0 atom stereocenters. The molecule has 0 aliphatic carbocycles. The van der Waals surface area contributed by atoms with E-state index in [1.165, 1.54) is 0 Å². The highest BCUT2D eigenvalue weighted by molar-refractivity contribution is 5.85. The summed E-state index contributed by atoms with van der Waals surface area (Å²) in [6, 6.07) is 6.01. The Bertz CT molecular complexity index is 889. The molecular weight excluding hydrogens is 324 g/mol. The predicted octanol–water partition coefficient (Wildman–Crippen LogP) is 4.25. The van der Waals surface area contributed by atoms with Crippen LogP contribution < -0.4 is 5.73 Å². The SMILES string of the molecule is CC.CC.CCc1nc(C)nc2c1c(C#N)cn2Cc1cccnc1N. The lowest BCUT2D eigenvalue weighted by Crippen LogP contribution is -2.05. The van der Waals surface area contributed by atoms with Gasteiger partial charge in [-0.1, -0.05) is 40.7 Å². The number of nitrogen functional groups attached to an aromatic ring is 1. The van der Waals surface area contributed by atoms with Crippen molar-refractivity contribution in [3.8, 4) is 6.07 Å². The minimum atomic E-state index is 0.490. The molecule has 0 amide bonds. The summed E-state index contributed by atoms with van der Waals surface area (Å²) >= 11 is 0. The van der Waals surface area contributed by atoms with Gasteiger partial charge in [0.1, 0.15) is 23.4 Å². The van der Waals surface area contributed by atoms with Gasteiger partial charge in [-0.2, -0.15) is 5.26 Å². The van der Waals surface area contributed by atoms with Gasteiger partial charge in [-0.05, 0) is 19.4 Å². The average molecular weight is 352 g/mol. The van der Waals surface area contributed by atoms with Gasteiger partial charge in [-0.3, -0.25) is 0 Å². The number of pyridine rings is 1. The van der Waals surface area contributed by atoms with Crippen molar-refractivity contribution >= 4 is 16.9 Å². The maximum atomic E-state index is 9.40. The lowest BCUT2D eigenvalue weighted by molar-refractivity contribution is 0.815. The van der Waals surface area contributed by atoms with Gasteiger partial charge in [0.2, 0.25) is 0 Å². The number of fused-ring (bicyclic) bond motifs is 1. The van der Waals surface area contributed by atoms with Crippen molar-refractivity contribution in [3.63, 3.8) is 0 Å². The third-order valence-corrected chi connectivity index (χ3v) is 3.63. The van der Waals surface area contributed by atoms with Crippen molar-refractivity contribution in [2.24, 2.45) is 0 Å². The Balaban J connectivity index is 0.000000791. The lowest BCUT2D eigenvalue weighted by atomic mass is 10.1. The fraction of sp³-hybridized carbons (Fsp3) is 0.400. The number of nitrogens with two attached hydrogens (primary N) is 1. The van der Waals surface area contributed by atoms with Crippen molar-refractivity contribution in [2.75, 3.05) is 5.73 Å². The van der Waals surface area contributed by atoms with Gasteiger partial charge in [0, 0.05) is 18.0 Å². The van der Waals surface area contributed by atoms with E-state index in [1.54, 1.807) is 6.20 Å². The molecule has 2 N–H and O–H groups in total. The zero-order valence-electron chi connectivity index (χ0n) is 16.5. The Hall–Kier alpha value is -2.94. The quantitative estimate of drug-likeness (QED) is 0.760. The van der Waals surface area contributed by atoms with Gasteiger partial charge >= 0.3 is 0 Å². The summed E-state index contributed by atoms with van der Waals surface area (Å²) in [7, 11) is 0. The zero-order valence-corrected chi connectivity index (χ0v) is 16.5. The molecule has 26 heavy (non-hydrogen) atoms. The maximum Gasteiger partial charge on any atom is 0.145 e. The molecule has 3 aromatic heterocycles. The maximum absolute atomic E-state index is 9.40. The highest BCUT2D eigenvalue weighted by Crippen LogP contribution is 2.24. The fourth-order valence-electron chi connectivity index (χ4n) is 2.61. The standard InChI is InChI=1S/C16H16N6.2C2H6/c1-3-13-14-12(7-17)9-22(16(14)21-10(2)20-13)8-11-5-4-6-19-15(11)18;2*1-2/h4-6,9H,3,8H2,1-2H3,(H2,18,19);2*1-2H3. The number of anilines is 1.